The van der Waals surface area contributed by atoms with Crippen molar-refractivity contribution in [3.63, 3.8) is 0 Å². The Labute approximate surface area is 167 Å². The highest BCUT2D eigenvalue weighted by atomic mass is 16.1. The largest absolute Gasteiger partial charge is 0.292 e. The van der Waals surface area contributed by atoms with Gasteiger partial charge < -0.3 is 0 Å². The topological polar surface area (TPSA) is 20.3 Å². The summed E-state index contributed by atoms with van der Waals surface area (Å²) in [5, 5.41) is 0. The molecule has 2 heteroatoms. The van der Waals surface area contributed by atoms with E-state index in [-0.39, 0.29) is 5.78 Å². The number of benzene rings is 3. The second kappa shape index (κ2) is 9.63. The summed E-state index contributed by atoms with van der Waals surface area (Å²) >= 11 is 0. The minimum Gasteiger partial charge on any atom is -0.292 e. The summed E-state index contributed by atoms with van der Waals surface area (Å²) in [7, 11) is 0. The maximum absolute atomic E-state index is 12.5. The van der Waals surface area contributed by atoms with Crippen molar-refractivity contribution in [1.29, 1.82) is 0 Å². The van der Waals surface area contributed by atoms with Crippen molar-refractivity contribution < 1.29 is 4.79 Å². The van der Waals surface area contributed by atoms with Gasteiger partial charge >= 0.3 is 0 Å². The molecule has 0 spiro atoms. The van der Waals surface area contributed by atoms with Crippen molar-refractivity contribution in [1.82, 2.24) is 4.90 Å². The molecule has 3 rings (SSSR count). The minimum absolute atomic E-state index is 0.0482. The summed E-state index contributed by atoms with van der Waals surface area (Å²) in [4.78, 5) is 14.8. The van der Waals surface area contributed by atoms with Crippen molar-refractivity contribution in [2.75, 3.05) is 13.1 Å². The van der Waals surface area contributed by atoms with Crippen LogP contribution < -0.4 is 0 Å². The molecule has 0 radical (unpaired) electrons. The highest BCUT2D eigenvalue weighted by Gasteiger charge is 2.09. The smallest absolute Gasteiger partial charge is 0.193 e. The average Bonchev–Trinajstić information content (AvgIpc) is 2.75. The van der Waals surface area contributed by atoms with E-state index in [1.807, 2.05) is 66.7 Å². The van der Waals surface area contributed by atoms with Gasteiger partial charge in [0.2, 0.25) is 0 Å². The van der Waals surface area contributed by atoms with E-state index in [0.29, 0.717) is 11.1 Å². The van der Waals surface area contributed by atoms with Crippen LogP contribution >= 0.6 is 0 Å². The molecule has 0 aromatic heterocycles. The second-order valence-electron chi connectivity index (χ2n) is 6.74. The Bertz CT molecular complexity index is 914. The molecule has 0 saturated heterocycles. The molecule has 0 atom stereocenters. The van der Waals surface area contributed by atoms with Crippen LogP contribution in [-0.2, 0) is 6.54 Å². The lowest BCUT2D eigenvalue weighted by atomic mass is 9.99. The van der Waals surface area contributed by atoms with Crippen molar-refractivity contribution in [2.45, 2.75) is 6.54 Å². The number of carbonyl (C=O) groups is 1. The molecule has 3 aromatic rings. The van der Waals surface area contributed by atoms with Crippen molar-refractivity contribution in [3.8, 4) is 11.1 Å². The van der Waals surface area contributed by atoms with Gasteiger partial charge in [-0.05, 0) is 16.7 Å². The molecule has 0 unspecified atom stereocenters. The lowest BCUT2D eigenvalue weighted by Crippen LogP contribution is -2.23. The van der Waals surface area contributed by atoms with Crippen LogP contribution in [0.1, 0.15) is 21.5 Å². The molecule has 0 saturated carbocycles. The third-order valence-corrected chi connectivity index (χ3v) is 4.65. The highest BCUT2D eigenvalue weighted by Crippen LogP contribution is 2.22. The van der Waals surface area contributed by atoms with Gasteiger partial charge in [-0.1, -0.05) is 91.0 Å². The van der Waals surface area contributed by atoms with Crippen LogP contribution in [0.3, 0.4) is 0 Å². The fraction of sp³-hybridized carbons (Fsp3) is 0.115. The van der Waals surface area contributed by atoms with Crippen LogP contribution in [0.2, 0.25) is 0 Å². The Kier molecular flexibility index (Phi) is 6.72. The van der Waals surface area contributed by atoms with Crippen LogP contribution in [0.15, 0.2) is 104 Å². The van der Waals surface area contributed by atoms with Crippen LogP contribution in [-0.4, -0.2) is 23.8 Å². The third-order valence-electron chi connectivity index (χ3n) is 4.65. The number of hydrogen-bond acceptors (Lipinski definition) is 2. The zero-order valence-corrected chi connectivity index (χ0v) is 16.1. The SMILES string of the molecule is C=CCN(CC=C)Cc1ccc(-c2ccc(C(=O)c3ccccc3)cc2)cc1. The van der Waals surface area contributed by atoms with Crippen molar-refractivity contribution >= 4 is 5.78 Å². The summed E-state index contributed by atoms with van der Waals surface area (Å²) in [6.45, 7) is 10.2. The molecule has 0 aliphatic carbocycles. The first-order chi connectivity index (χ1) is 13.7. The predicted molar refractivity (Wildman–Crippen MR) is 117 cm³/mol. The van der Waals surface area contributed by atoms with Gasteiger partial charge in [0.25, 0.3) is 0 Å². The van der Waals surface area contributed by atoms with Crippen molar-refractivity contribution in [3.05, 3.63) is 121 Å². The average molecular weight is 367 g/mol. The van der Waals surface area contributed by atoms with Gasteiger partial charge in [0.05, 0.1) is 0 Å². The first-order valence-corrected chi connectivity index (χ1v) is 9.44. The fourth-order valence-electron chi connectivity index (χ4n) is 3.20. The van der Waals surface area contributed by atoms with E-state index in [9.17, 15) is 4.79 Å². The molecule has 0 fully saturated rings. The molecule has 0 aliphatic rings. The zero-order chi connectivity index (χ0) is 19.8. The molecule has 2 nitrogen and oxygen atoms in total. The van der Waals surface area contributed by atoms with Gasteiger partial charge in [-0.2, -0.15) is 0 Å². The first-order valence-electron chi connectivity index (χ1n) is 9.44. The van der Waals surface area contributed by atoms with Crippen LogP contribution in [0.25, 0.3) is 11.1 Å². The molecule has 0 N–H and O–H groups in total. The number of ketones is 1. The molecule has 0 amide bonds. The Morgan fingerprint density at radius 3 is 1.75 bits per heavy atom. The van der Waals surface area contributed by atoms with Gasteiger partial charge in [0.15, 0.2) is 5.78 Å². The van der Waals surface area contributed by atoms with Gasteiger partial charge in [0.1, 0.15) is 0 Å². The van der Waals surface area contributed by atoms with E-state index in [0.717, 1.165) is 30.8 Å². The maximum atomic E-state index is 12.5. The molecule has 28 heavy (non-hydrogen) atoms. The summed E-state index contributed by atoms with van der Waals surface area (Å²) in [6.07, 6.45) is 3.83. The lowest BCUT2D eigenvalue weighted by molar-refractivity contribution is 0.103. The van der Waals surface area contributed by atoms with E-state index in [1.165, 1.54) is 5.56 Å². The van der Waals surface area contributed by atoms with E-state index >= 15 is 0 Å². The Balaban J connectivity index is 1.71. The Morgan fingerprint density at radius 1 is 0.714 bits per heavy atom. The summed E-state index contributed by atoms with van der Waals surface area (Å²) in [5.41, 5.74) is 4.91. The van der Waals surface area contributed by atoms with Gasteiger partial charge in [-0.3, -0.25) is 9.69 Å². The number of carbonyl (C=O) groups excluding carboxylic acids is 1. The number of hydrogen-bond donors (Lipinski definition) is 0. The molecular formula is C26H25NO. The van der Waals surface area contributed by atoms with Crippen LogP contribution in [0.4, 0.5) is 0 Å². The first kappa shape index (κ1) is 19.5. The van der Waals surface area contributed by atoms with E-state index < -0.39 is 0 Å². The van der Waals surface area contributed by atoms with E-state index in [2.05, 4.69) is 42.3 Å². The van der Waals surface area contributed by atoms with Gasteiger partial charge in [-0.25, -0.2) is 0 Å². The van der Waals surface area contributed by atoms with Gasteiger partial charge in [-0.15, -0.1) is 13.2 Å². The van der Waals surface area contributed by atoms with Crippen molar-refractivity contribution in [2.24, 2.45) is 0 Å². The molecule has 0 heterocycles. The predicted octanol–water partition coefficient (Wildman–Crippen LogP) is 5.76. The molecule has 140 valence electrons. The minimum atomic E-state index is 0.0482. The number of nitrogens with zero attached hydrogens (tertiary/aromatic N) is 1. The summed E-state index contributed by atoms with van der Waals surface area (Å²) in [5.74, 6) is 0.0482. The van der Waals surface area contributed by atoms with Crippen LogP contribution in [0.5, 0.6) is 0 Å². The van der Waals surface area contributed by atoms with Crippen LogP contribution in [0, 0.1) is 0 Å². The lowest BCUT2D eigenvalue weighted by Gasteiger charge is -2.18. The molecule has 0 aliphatic heterocycles. The van der Waals surface area contributed by atoms with E-state index in [1.54, 1.807) is 0 Å². The Morgan fingerprint density at radius 2 is 1.21 bits per heavy atom. The highest BCUT2D eigenvalue weighted by molar-refractivity contribution is 6.09. The monoisotopic (exact) mass is 367 g/mol. The summed E-state index contributed by atoms with van der Waals surface area (Å²) < 4.78 is 0. The molecule has 0 bridgehead atoms. The summed E-state index contributed by atoms with van der Waals surface area (Å²) in [6, 6.07) is 25.7. The van der Waals surface area contributed by atoms with Gasteiger partial charge in [0, 0.05) is 30.8 Å². The molecular weight excluding hydrogens is 342 g/mol. The second-order valence-corrected chi connectivity index (χ2v) is 6.74. The Hall–Kier alpha value is -3.23. The third kappa shape index (κ3) is 4.93. The maximum Gasteiger partial charge on any atom is 0.193 e. The molecule has 3 aromatic carbocycles. The quantitative estimate of drug-likeness (QED) is 0.354. The number of rotatable bonds is 9. The fourth-order valence-corrected chi connectivity index (χ4v) is 3.20. The zero-order valence-electron chi connectivity index (χ0n) is 16.1. The standard InChI is InChI=1S/C26H25NO/c1-3-18-27(19-4-2)20-21-10-12-22(13-11-21)23-14-16-25(17-15-23)26(28)24-8-6-5-7-9-24/h3-17H,1-2,18-20H2. The van der Waals surface area contributed by atoms with E-state index in [4.69, 9.17) is 0 Å². The normalized spacial score (nSPS) is 10.6.